The van der Waals surface area contributed by atoms with Crippen LogP contribution in [0.15, 0.2) is 29.2 Å². The number of Topliss-reactive ketones (excluding diaryl/α,β-unsaturated/α-hetero) is 1. The standard InChI is InChI=1S/C13H16OS/c14-13(11-5-2-1-3-6-11)9-8-12-7-4-10-15-12/h4-5,7,10H,1-3,6,8-9H2. The first kappa shape index (κ1) is 10.6. The highest BCUT2D eigenvalue weighted by Gasteiger charge is 2.12. The lowest BCUT2D eigenvalue weighted by Crippen LogP contribution is -2.06. The van der Waals surface area contributed by atoms with Crippen molar-refractivity contribution in [3.63, 3.8) is 0 Å². The van der Waals surface area contributed by atoms with Gasteiger partial charge in [0.05, 0.1) is 0 Å². The van der Waals surface area contributed by atoms with Gasteiger partial charge in [-0.25, -0.2) is 0 Å². The van der Waals surface area contributed by atoms with Crippen LogP contribution >= 0.6 is 11.3 Å². The quantitative estimate of drug-likeness (QED) is 0.755. The van der Waals surface area contributed by atoms with Crippen molar-refractivity contribution in [3.8, 4) is 0 Å². The molecule has 80 valence electrons. The molecule has 1 aliphatic rings. The third kappa shape index (κ3) is 3.03. The van der Waals surface area contributed by atoms with Crippen LogP contribution in [0.1, 0.15) is 37.0 Å². The van der Waals surface area contributed by atoms with Crippen molar-refractivity contribution in [1.29, 1.82) is 0 Å². The number of thiophene rings is 1. The van der Waals surface area contributed by atoms with E-state index in [2.05, 4.69) is 17.5 Å². The van der Waals surface area contributed by atoms with E-state index in [-0.39, 0.29) is 0 Å². The Morgan fingerprint density at radius 3 is 3.00 bits per heavy atom. The summed E-state index contributed by atoms with van der Waals surface area (Å²) < 4.78 is 0. The molecule has 1 aromatic rings. The van der Waals surface area contributed by atoms with E-state index in [0.29, 0.717) is 12.2 Å². The molecule has 0 bridgehead atoms. The van der Waals surface area contributed by atoms with Crippen molar-refractivity contribution >= 4 is 17.1 Å². The molecule has 0 aromatic carbocycles. The molecule has 0 atom stereocenters. The predicted molar refractivity (Wildman–Crippen MR) is 64.2 cm³/mol. The van der Waals surface area contributed by atoms with E-state index in [4.69, 9.17) is 0 Å². The van der Waals surface area contributed by atoms with Gasteiger partial charge in [0.1, 0.15) is 0 Å². The Balaban J connectivity index is 1.84. The number of hydrogen-bond acceptors (Lipinski definition) is 2. The minimum absolute atomic E-state index is 0.364. The number of ketones is 1. The monoisotopic (exact) mass is 220 g/mol. The first-order valence-electron chi connectivity index (χ1n) is 5.61. The van der Waals surface area contributed by atoms with Gasteiger partial charge in [-0.3, -0.25) is 4.79 Å². The zero-order valence-corrected chi connectivity index (χ0v) is 9.69. The molecule has 0 amide bonds. The maximum Gasteiger partial charge on any atom is 0.158 e. The third-order valence-corrected chi connectivity index (χ3v) is 3.76. The Bertz CT molecular complexity index is 349. The summed E-state index contributed by atoms with van der Waals surface area (Å²) in [6.45, 7) is 0. The molecule has 0 saturated heterocycles. The fraction of sp³-hybridized carbons (Fsp3) is 0.462. The largest absolute Gasteiger partial charge is 0.295 e. The van der Waals surface area contributed by atoms with Crippen LogP contribution in [-0.4, -0.2) is 5.78 Å². The first-order valence-corrected chi connectivity index (χ1v) is 6.49. The zero-order chi connectivity index (χ0) is 10.5. The minimum atomic E-state index is 0.364. The maximum absolute atomic E-state index is 11.8. The van der Waals surface area contributed by atoms with Crippen molar-refractivity contribution in [2.24, 2.45) is 0 Å². The Kier molecular flexibility index (Phi) is 3.73. The maximum atomic E-state index is 11.8. The van der Waals surface area contributed by atoms with Crippen molar-refractivity contribution in [3.05, 3.63) is 34.0 Å². The molecule has 0 fully saturated rings. The molecule has 2 heteroatoms. The summed E-state index contributed by atoms with van der Waals surface area (Å²) in [6.07, 6.45) is 8.28. The second-order valence-electron chi connectivity index (χ2n) is 3.98. The van der Waals surface area contributed by atoms with Crippen molar-refractivity contribution in [1.82, 2.24) is 0 Å². The molecule has 0 saturated carbocycles. The van der Waals surface area contributed by atoms with Crippen molar-refractivity contribution < 1.29 is 4.79 Å². The van der Waals surface area contributed by atoms with Crippen LogP contribution in [0.4, 0.5) is 0 Å². The number of hydrogen-bond donors (Lipinski definition) is 0. The van der Waals surface area contributed by atoms with Gasteiger partial charge in [-0.1, -0.05) is 12.1 Å². The fourth-order valence-electron chi connectivity index (χ4n) is 1.94. The summed E-state index contributed by atoms with van der Waals surface area (Å²) in [5, 5.41) is 2.07. The van der Waals surface area contributed by atoms with E-state index in [1.165, 1.54) is 17.7 Å². The molecule has 1 aliphatic carbocycles. The summed E-state index contributed by atoms with van der Waals surface area (Å²) in [4.78, 5) is 13.1. The molecule has 0 radical (unpaired) electrons. The SMILES string of the molecule is O=C(CCc1cccs1)C1=CCCCC1. The van der Waals surface area contributed by atoms with E-state index < -0.39 is 0 Å². The predicted octanol–water partition coefficient (Wildman–Crippen LogP) is 3.75. The van der Waals surface area contributed by atoms with E-state index in [1.54, 1.807) is 11.3 Å². The van der Waals surface area contributed by atoms with Crippen LogP contribution in [0.25, 0.3) is 0 Å². The summed E-state index contributed by atoms with van der Waals surface area (Å²) in [6, 6.07) is 4.15. The fourth-order valence-corrected chi connectivity index (χ4v) is 2.65. The average Bonchev–Trinajstić information content (AvgIpc) is 2.80. The van der Waals surface area contributed by atoms with E-state index >= 15 is 0 Å². The summed E-state index contributed by atoms with van der Waals surface area (Å²) in [5.41, 5.74) is 1.08. The molecule has 1 nitrogen and oxygen atoms in total. The van der Waals surface area contributed by atoms with E-state index in [1.807, 2.05) is 6.07 Å². The van der Waals surface area contributed by atoms with Crippen LogP contribution < -0.4 is 0 Å². The lowest BCUT2D eigenvalue weighted by Gasteiger charge is -2.10. The molecule has 1 heterocycles. The average molecular weight is 220 g/mol. The normalized spacial score (nSPS) is 16.1. The van der Waals surface area contributed by atoms with Crippen LogP contribution in [0, 0.1) is 0 Å². The topological polar surface area (TPSA) is 17.1 Å². The summed E-state index contributed by atoms with van der Waals surface area (Å²) in [7, 11) is 0. The van der Waals surface area contributed by atoms with Gasteiger partial charge in [0.15, 0.2) is 5.78 Å². The number of carbonyl (C=O) groups excluding carboxylic acids is 1. The van der Waals surface area contributed by atoms with Crippen LogP contribution in [-0.2, 0) is 11.2 Å². The molecular formula is C13H16OS. The number of allylic oxidation sites excluding steroid dienone is 2. The first-order chi connectivity index (χ1) is 7.36. The Morgan fingerprint density at radius 1 is 1.40 bits per heavy atom. The Hall–Kier alpha value is -0.890. The number of rotatable bonds is 4. The van der Waals surface area contributed by atoms with Crippen molar-refractivity contribution in [2.45, 2.75) is 38.5 Å². The molecule has 15 heavy (non-hydrogen) atoms. The lowest BCUT2D eigenvalue weighted by atomic mass is 9.94. The van der Waals surface area contributed by atoms with Crippen LogP contribution in [0.2, 0.25) is 0 Å². The number of aryl methyl sites for hydroxylation is 1. The summed E-state index contributed by atoms with van der Waals surface area (Å²) >= 11 is 1.74. The molecule has 0 N–H and O–H groups in total. The van der Waals surface area contributed by atoms with Gasteiger partial charge in [0, 0.05) is 11.3 Å². The Labute approximate surface area is 94.8 Å². The molecular weight excluding hydrogens is 204 g/mol. The highest BCUT2D eigenvalue weighted by atomic mass is 32.1. The van der Waals surface area contributed by atoms with E-state index in [0.717, 1.165) is 24.8 Å². The second-order valence-corrected chi connectivity index (χ2v) is 5.01. The van der Waals surface area contributed by atoms with Gasteiger partial charge < -0.3 is 0 Å². The molecule has 0 aliphatic heterocycles. The van der Waals surface area contributed by atoms with Crippen LogP contribution in [0.5, 0.6) is 0 Å². The van der Waals surface area contributed by atoms with Gasteiger partial charge in [-0.15, -0.1) is 11.3 Å². The van der Waals surface area contributed by atoms with Gasteiger partial charge in [-0.2, -0.15) is 0 Å². The molecule has 2 rings (SSSR count). The van der Waals surface area contributed by atoms with Crippen molar-refractivity contribution in [2.75, 3.05) is 0 Å². The highest BCUT2D eigenvalue weighted by molar-refractivity contribution is 7.09. The second kappa shape index (κ2) is 5.26. The van der Waals surface area contributed by atoms with Gasteiger partial charge in [0.2, 0.25) is 0 Å². The van der Waals surface area contributed by atoms with Gasteiger partial charge in [0.25, 0.3) is 0 Å². The zero-order valence-electron chi connectivity index (χ0n) is 8.87. The smallest absolute Gasteiger partial charge is 0.158 e. The molecule has 1 aromatic heterocycles. The van der Waals surface area contributed by atoms with Crippen LogP contribution in [0.3, 0.4) is 0 Å². The van der Waals surface area contributed by atoms with Gasteiger partial charge in [-0.05, 0) is 49.1 Å². The minimum Gasteiger partial charge on any atom is -0.295 e. The molecule has 0 spiro atoms. The highest BCUT2D eigenvalue weighted by Crippen LogP contribution is 2.20. The number of carbonyl (C=O) groups is 1. The molecule has 0 unspecified atom stereocenters. The van der Waals surface area contributed by atoms with Gasteiger partial charge >= 0.3 is 0 Å². The summed E-state index contributed by atoms with van der Waals surface area (Å²) in [5.74, 6) is 0.364. The Morgan fingerprint density at radius 2 is 2.33 bits per heavy atom. The van der Waals surface area contributed by atoms with E-state index in [9.17, 15) is 4.79 Å². The third-order valence-electron chi connectivity index (χ3n) is 2.83. The lowest BCUT2D eigenvalue weighted by molar-refractivity contribution is -0.115.